The van der Waals surface area contributed by atoms with Gasteiger partial charge in [0.05, 0.1) is 27.5 Å². The van der Waals surface area contributed by atoms with Crippen molar-refractivity contribution in [2.75, 3.05) is 0 Å². The third-order valence-electron chi connectivity index (χ3n) is 7.32. The molecule has 7 aromatic rings. The van der Waals surface area contributed by atoms with Gasteiger partial charge in [-0.15, -0.1) is 0 Å². The molecule has 0 aliphatic heterocycles. The van der Waals surface area contributed by atoms with Gasteiger partial charge in [-0.3, -0.25) is 0 Å². The van der Waals surface area contributed by atoms with Crippen LogP contribution in [0.5, 0.6) is 0 Å². The van der Waals surface area contributed by atoms with Crippen molar-refractivity contribution in [1.29, 1.82) is 0 Å². The predicted molar refractivity (Wildman–Crippen MR) is 151 cm³/mol. The van der Waals surface area contributed by atoms with Gasteiger partial charge in [-0.2, -0.15) is 0 Å². The number of hydrogen-bond acceptors (Lipinski definition) is 0. The van der Waals surface area contributed by atoms with Gasteiger partial charge in [0.15, 0.2) is 0 Å². The van der Waals surface area contributed by atoms with Crippen LogP contribution < -0.4 is 0 Å². The van der Waals surface area contributed by atoms with Crippen LogP contribution in [0.1, 0.15) is 26.3 Å². The minimum Gasteiger partial charge on any atom is -0.309 e. The highest BCUT2D eigenvalue weighted by molar-refractivity contribution is 6.12. The van der Waals surface area contributed by atoms with E-state index >= 15 is 0 Å². The van der Waals surface area contributed by atoms with Crippen molar-refractivity contribution in [3.8, 4) is 11.4 Å². The molecule has 0 saturated heterocycles. The molecule has 7 rings (SSSR count). The first-order chi connectivity index (χ1) is 17.5. The normalized spacial score (nSPS) is 12.1. The van der Waals surface area contributed by atoms with Crippen LogP contribution >= 0.6 is 0 Å². The van der Waals surface area contributed by atoms with Crippen molar-refractivity contribution in [2.45, 2.75) is 26.2 Å². The Morgan fingerprint density at radius 3 is 2.03 bits per heavy atom. The Balaban J connectivity index is 1.59. The van der Waals surface area contributed by atoms with Crippen molar-refractivity contribution in [2.24, 2.45) is 0 Å². The zero-order chi connectivity index (χ0) is 24.4. The third kappa shape index (κ3) is 3.00. The van der Waals surface area contributed by atoms with E-state index in [4.69, 9.17) is 0 Å². The lowest BCUT2D eigenvalue weighted by molar-refractivity contribution is 0.591. The smallest absolute Gasteiger partial charge is 0.0631 e. The fourth-order valence-corrected chi connectivity index (χ4v) is 5.53. The average molecular weight is 463 g/mol. The summed E-state index contributed by atoms with van der Waals surface area (Å²) < 4.78 is 4.74. The van der Waals surface area contributed by atoms with E-state index in [0.717, 1.165) is 16.6 Å². The number of aromatic nitrogens is 2. The maximum Gasteiger partial charge on any atom is 0.0631 e. The lowest BCUT2D eigenvalue weighted by atomic mass is 9.86. The fraction of sp³-hybridized carbons (Fsp3) is 0.118. The molecule has 0 aliphatic rings. The van der Waals surface area contributed by atoms with Gasteiger partial charge >= 0.3 is 0 Å². The lowest BCUT2D eigenvalue weighted by Gasteiger charge is -2.19. The van der Waals surface area contributed by atoms with Crippen molar-refractivity contribution >= 4 is 43.6 Å². The molecular weight excluding hydrogens is 436 g/mol. The second kappa shape index (κ2) is 7.51. The topological polar surface area (TPSA) is 9.86 Å². The summed E-state index contributed by atoms with van der Waals surface area (Å²) in [5.41, 5.74) is 8.53. The fourth-order valence-electron chi connectivity index (χ4n) is 5.53. The van der Waals surface area contributed by atoms with Gasteiger partial charge in [-0.25, -0.2) is 0 Å². The minimum atomic E-state index is 0.0755. The summed E-state index contributed by atoms with van der Waals surface area (Å²) in [7, 11) is 0. The molecule has 0 bridgehead atoms. The molecule has 0 N–H and O–H groups in total. The van der Waals surface area contributed by atoms with Gasteiger partial charge in [0.1, 0.15) is 0 Å². The van der Waals surface area contributed by atoms with Crippen LogP contribution in [0.15, 0.2) is 103 Å². The van der Waals surface area contributed by atoms with Crippen LogP contribution in [0.4, 0.5) is 0 Å². The summed E-state index contributed by atoms with van der Waals surface area (Å²) in [6, 6.07) is 43.6. The van der Waals surface area contributed by atoms with Crippen molar-refractivity contribution in [3.63, 3.8) is 0 Å². The molecule has 2 aromatic heterocycles. The number of para-hydroxylation sites is 2. The first kappa shape index (κ1) is 20.9. The molecule has 0 amide bonds. The van der Waals surface area contributed by atoms with Crippen molar-refractivity contribution < 1.29 is 0 Å². The number of hydrogen-bond donors (Lipinski definition) is 0. The molecule has 2 heteroatoms. The third-order valence-corrected chi connectivity index (χ3v) is 7.32. The van der Waals surface area contributed by atoms with Crippen LogP contribution in [-0.2, 0) is 5.41 Å². The van der Waals surface area contributed by atoms with Crippen LogP contribution in [0.25, 0.3) is 55.0 Å². The molecule has 0 aliphatic carbocycles. The molecule has 0 saturated carbocycles. The summed E-state index contributed by atoms with van der Waals surface area (Å²) in [5, 5.41) is 4.85. The Bertz CT molecular complexity index is 1860. The number of nitrogens with zero attached hydrogens (tertiary/aromatic N) is 2. The summed E-state index contributed by atoms with van der Waals surface area (Å²) in [6.45, 7) is 6.84. The minimum absolute atomic E-state index is 0.0755. The van der Waals surface area contributed by atoms with Crippen LogP contribution in [0.2, 0.25) is 0 Å². The lowest BCUT2D eigenvalue weighted by Crippen LogP contribution is -2.10. The second-order valence-electron chi connectivity index (χ2n) is 10.6. The van der Waals surface area contributed by atoms with E-state index in [2.05, 4.69) is 139 Å². The Morgan fingerprint density at radius 1 is 0.556 bits per heavy atom. The zero-order valence-corrected chi connectivity index (χ0v) is 20.7. The second-order valence-corrected chi connectivity index (χ2v) is 10.6. The highest BCUT2D eigenvalue weighted by Gasteiger charge is 2.19. The number of benzene rings is 4. The molecule has 0 fully saturated rings. The number of fused-ring (bicyclic) bond motifs is 6. The van der Waals surface area contributed by atoms with Crippen LogP contribution in [-0.4, -0.2) is 9.13 Å². The molecule has 5 aromatic carbocycles. The standard InChI is InChI=1S/C34H26N2/c1-34(2,3)23-17-19-32-28(21-23)29-22-25(18-20-33(29)35(32)24-11-5-4-6-12-24)36-30-15-9-7-13-26(30)27-14-8-10-16-31(27)36/h4-7,9-13,15-22H,1-3H3. The Kier molecular flexibility index (Phi) is 4.35. The Morgan fingerprint density at radius 2 is 1.22 bits per heavy atom. The SMILES string of the molecule is CC(C)(C)c1ccc2c(c1)c1cc(-n3c4ccc#cc4c4ccccc43)ccc1n2-c1ccccc1. The van der Waals surface area contributed by atoms with Gasteiger partial charge in [-0.1, -0.05) is 75.4 Å². The van der Waals surface area contributed by atoms with E-state index in [-0.39, 0.29) is 5.41 Å². The maximum absolute atomic E-state index is 3.35. The number of rotatable bonds is 2. The van der Waals surface area contributed by atoms with Gasteiger partial charge in [-0.05, 0) is 71.6 Å². The van der Waals surface area contributed by atoms with Gasteiger partial charge in [0.25, 0.3) is 0 Å². The molecule has 36 heavy (non-hydrogen) atoms. The first-order valence-corrected chi connectivity index (χ1v) is 12.5. The molecule has 0 radical (unpaired) electrons. The van der Waals surface area contributed by atoms with Gasteiger partial charge in [0.2, 0.25) is 0 Å². The quantitative estimate of drug-likeness (QED) is 0.243. The summed E-state index contributed by atoms with van der Waals surface area (Å²) in [4.78, 5) is 0. The molecule has 2 heterocycles. The highest BCUT2D eigenvalue weighted by Crippen LogP contribution is 2.38. The van der Waals surface area contributed by atoms with E-state index in [0.29, 0.717) is 0 Å². The first-order valence-electron chi connectivity index (χ1n) is 12.5. The summed E-state index contributed by atoms with van der Waals surface area (Å²) >= 11 is 0. The molecule has 0 spiro atoms. The zero-order valence-electron chi connectivity index (χ0n) is 20.7. The molecule has 0 atom stereocenters. The molecule has 0 unspecified atom stereocenters. The Hall–Kier alpha value is -4.48. The monoisotopic (exact) mass is 462 g/mol. The molecular formula is C34H26N2. The van der Waals surface area contributed by atoms with Crippen molar-refractivity contribution in [3.05, 3.63) is 121 Å². The predicted octanol–water partition coefficient (Wildman–Crippen LogP) is 8.78. The highest BCUT2D eigenvalue weighted by atomic mass is 15.0. The molecule has 172 valence electrons. The largest absolute Gasteiger partial charge is 0.309 e. The van der Waals surface area contributed by atoms with E-state index in [1.807, 2.05) is 6.07 Å². The van der Waals surface area contributed by atoms with Gasteiger partial charge in [0, 0.05) is 27.5 Å². The van der Waals surface area contributed by atoms with Crippen molar-refractivity contribution in [1.82, 2.24) is 9.13 Å². The van der Waals surface area contributed by atoms with E-state index in [9.17, 15) is 0 Å². The average Bonchev–Trinajstić information content (AvgIpc) is 3.41. The van der Waals surface area contributed by atoms with Gasteiger partial charge < -0.3 is 9.13 Å². The molecule has 2 nitrogen and oxygen atoms in total. The van der Waals surface area contributed by atoms with Crippen LogP contribution in [0.3, 0.4) is 0 Å². The summed E-state index contributed by atoms with van der Waals surface area (Å²) in [5.74, 6) is 0. The van der Waals surface area contributed by atoms with E-state index in [1.54, 1.807) is 0 Å². The Labute approximate surface area is 211 Å². The van der Waals surface area contributed by atoms with Crippen LogP contribution in [0, 0.1) is 12.1 Å². The van der Waals surface area contributed by atoms with E-state index < -0.39 is 0 Å². The maximum atomic E-state index is 3.35. The summed E-state index contributed by atoms with van der Waals surface area (Å²) in [6.07, 6.45) is 0. The van der Waals surface area contributed by atoms with E-state index in [1.165, 1.54) is 44.0 Å².